The molecule has 0 radical (unpaired) electrons. The van der Waals surface area contributed by atoms with Crippen LogP contribution in [0, 0.1) is 0 Å². The Labute approximate surface area is 114 Å². The summed E-state index contributed by atoms with van der Waals surface area (Å²) in [5, 5.41) is 4.33. The number of ether oxygens (including phenoxy) is 1. The molecule has 1 aromatic heterocycles. The number of benzene rings is 1. The maximum absolute atomic E-state index is 6.03. The molecule has 102 valence electrons. The van der Waals surface area contributed by atoms with Gasteiger partial charge < -0.3 is 10.5 Å². The van der Waals surface area contributed by atoms with Crippen LogP contribution in [0.2, 0.25) is 0 Å². The summed E-state index contributed by atoms with van der Waals surface area (Å²) in [6, 6.07) is 10.0. The average molecular weight is 259 g/mol. The van der Waals surface area contributed by atoms with Gasteiger partial charge in [0.15, 0.2) is 0 Å². The fourth-order valence-corrected chi connectivity index (χ4v) is 1.66. The Morgan fingerprint density at radius 3 is 2.74 bits per heavy atom. The maximum atomic E-state index is 6.03. The number of nitrogens with two attached hydrogens (primary N) is 1. The molecule has 0 saturated heterocycles. The number of nitrogens with zero attached hydrogens (tertiary/aromatic N) is 2. The summed E-state index contributed by atoms with van der Waals surface area (Å²) < 4.78 is 7.49. The Morgan fingerprint density at radius 2 is 2.05 bits per heavy atom. The molecule has 2 rings (SSSR count). The first kappa shape index (κ1) is 13.8. The predicted molar refractivity (Wildman–Crippen MR) is 76.1 cm³/mol. The van der Waals surface area contributed by atoms with E-state index >= 15 is 0 Å². The van der Waals surface area contributed by atoms with Crippen LogP contribution in [0.25, 0.3) is 5.69 Å². The third-order valence-corrected chi connectivity index (χ3v) is 3.17. The van der Waals surface area contributed by atoms with Crippen LogP contribution in [0.1, 0.15) is 25.8 Å². The first-order valence-corrected chi connectivity index (χ1v) is 6.56. The number of aromatic nitrogens is 2. The van der Waals surface area contributed by atoms with Crippen LogP contribution in [0.3, 0.4) is 0 Å². The number of hydrogen-bond acceptors (Lipinski definition) is 3. The van der Waals surface area contributed by atoms with Crippen molar-refractivity contribution >= 4 is 0 Å². The van der Waals surface area contributed by atoms with Crippen LogP contribution in [-0.2, 0) is 11.3 Å². The molecule has 0 aliphatic carbocycles. The van der Waals surface area contributed by atoms with Gasteiger partial charge in [-0.1, -0.05) is 25.1 Å². The van der Waals surface area contributed by atoms with Crippen molar-refractivity contribution in [2.45, 2.75) is 32.4 Å². The summed E-state index contributed by atoms with van der Waals surface area (Å²) in [7, 11) is 0. The molecule has 1 unspecified atom stereocenters. The highest BCUT2D eigenvalue weighted by atomic mass is 16.5. The van der Waals surface area contributed by atoms with E-state index in [4.69, 9.17) is 10.5 Å². The van der Waals surface area contributed by atoms with Crippen molar-refractivity contribution in [3.05, 3.63) is 48.3 Å². The fraction of sp³-hybridized carbons (Fsp3) is 0.400. The lowest BCUT2D eigenvalue weighted by Gasteiger charge is -2.21. The van der Waals surface area contributed by atoms with Gasteiger partial charge in [-0.2, -0.15) is 5.10 Å². The predicted octanol–water partition coefficient (Wildman–Crippen LogP) is 2.52. The number of rotatable bonds is 6. The minimum atomic E-state index is -0.255. The Bertz CT molecular complexity index is 505. The summed E-state index contributed by atoms with van der Waals surface area (Å²) in [5.74, 6) is 0. The average Bonchev–Trinajstić information content (AvgIpc) is 2.88. The molecule has 0 aliphatic rings. The molecular formula is C15H21N3O. The molecule has 4 nitrogen and oxygen atoms in total. The molecule has 0 saturated carbocycles. The van der Waals surface area contributed by atoms with E-state index in [-0.39, 0.29) is 5.54 Å². The van der Waals surface area contributed by atoms with E-state index < -0.39 is 0 Å². The third kappa shape index (κ3) is 3.91. The highest BCUT2D eigenvalue weighted by molar-refractivity contribution is 5.30. The van der Waals surface area contributed by atoms with Crippen molar-refractivity contribution in [3.63, 3.8) is 0 Å². The summed E-state index contributed by atoms with van der Waals surface area (Å²) >= 11 is 0. The van der Waals surface area contributed by atoms with E-state index in [9.17, 15) is 0 Å². The monoisotopic (exact) mass is 259 g/mol. The Hall–Kier alpha value is -1.65. The number of hydrogen-bond donors (Lipinski definition) is 1. The van der Waals surface area contributed by atoms with Crippen LogP contribution in [0.4, 0.5) is 0 Å². The first-order valence-electron chi connectivity index (χ1n) is 6.56. The zero-order valence-electron chi connectivity index (χ0n) is 11.5. The molecule has 0 amide bonds. The molecule has 19 heavy (non-hydrogen) atoms. The summed E-state index contributed by atoms with van der Waals surface area (Å²) in [4.78, 5) is 0. The molecule has 2 aromatic rings. The van der Waals surface area contributed by atoms with E-state index in [0.717, 1.165) is 17.7 Å². The SMILES string of the molecule is CCC(C)(N)COCc1cnn(-c2ccccc2)c1. The van der Waals surface area contributed by atoms with Crippen molar-refractivity contribution in [2.24, 2.45) is 5.73 Å². The Morgan fingerprint density at radius 1 is 1.32 bits per heavy atom. The summed E-state index contributed by atoms with van der Waals surface area (Å²) in [6.45, 7) is 5.16. The van der Waals surface area contributed by atoms with Crippen LogP contribution in [-0.4, -0.2) is 21.9 Å². The molecule has 1 heterocycles. The van der Waals surface area contributed by atoms with Gasteiger partial charge in [-0.15, -0.1) is 0 Å². The van der Waals surface area contributed by atoms with Crippen molar-refractivity contribution in [1.29, 1.82) is 0 Å². The molecule has 4 heteroatoms. The second-order valence-electron chi connectivity index (χ2n) is 5.13. The molecule has 1 atom stereocenters. The molecule has 2 N–H and O–H groups in total. The zero-order chi connectivity index (χ0) is 13.7. The minimum Gasteiger partial charge on any atom is -0.375 e. The van der Waals surface area contributed by atoms with Crippen molar-refractivity contribution in [1.82, 2.24) is 9.78 Å². The minimum absolute atomic E-state index is 0.255. The van der Waals surface area contributed by atoms with Crippen molar-refractivity contribution < 1.29 is 4.74 Å². The fourth-order valence-electron chi connectivity index (χ4n) is 1.66. The van der Waals surface area contributed by atoms with Gasteiger partial charge in [0.1, 0.15) is 0 Å². The standard InChI is InChI=1S/C15H21N3O/c1-3-15(2,16)12-19-11-13-9-17-18(10-13)14-7-5-4-6-8-14/h4-10H,3,11-12,16H2,1-2H3. The van der Waals surface area contributed by atoms with Crippen LogP contribution < -0.4 is 5.73 Å². The molecule has 0 aliphatic heterocycles. The van der Waals surface area contributed by atoms with Gasteiger partial charge in [-0.25, -0.2) is 4.68 Å². The quantitative estimate of drug-likeness (QED) is 0.867. The lowest BCUT2D eigenvalue weighted by atomic mass is 10.0. The van der Waals surface area contributed by atoms with Crippen molar-refractivity contribution in [3.8, 4) is 5.69 Å². The van der Waals surface area contributed by atoms with E-state index in [1.165, 1.54) is 0 Å². The topological polar surface area (TPSA) is 53.1 Å². The first-order chi connectivity index (χ1) is 9.11. The Kier molecular flexibility index (Phi) is 4.35. The van der Waals surface area contributed by atoms with Crippen molar-refractivity contribution in [2.75, 3.05) is 6.61 Å². The molecule has 0 fully saturated rings. The normalized spacial score (nSPS) is 14.3. The lowest BCUT2D eigenvalue weighted by Crippen LogP contribution is -2.40. The van der Waals surface area contributed by atoms with Gasteiger partial charge in [0.05, 0.1) is 25.1 Å². The van der Waals surface area contributed by atoms with Crippen LogP contribution in [0.15, 0.2) is 42.7 Å². The molecule has 0 bridgehead atoms. The third-order valence-electron chi connectivity index (χ3n) is 3.17. The summed E-state index contributed by atoms with van der Waals surface area (Å²) in [6.07, 6.45) is 4.71. The van der Waals surface area contributed by atoms with Gasteiger partial charge in [0.25, 0.3) is 0 Å². The van der Waals surface area contributed by atoms with Gasteiger partial charge in [0, 0.05) is 17.3 Å². The second kappa shape index (κ2) is 5.99. The van der Waals surface area contributed by atoms with E-state index in [1.54, 1.807) is 0 Å². The van der Waals surface area contributed by atoms with E-state index in [1.807, 2.05) is 54.3 Å². The van der Waals surface area contributed by atoms with E-state index in [0.29, 0.717) is 13.2 Å². The second-order valence-corrected chi connectivity index (χ2v) is 5.13. The lowest BCUT2D eigenvalue weighted by molar-refractivity contribution is 0.0777. The van der Waals surface area contributed by atoms with Gasteiger partial charge in [0.2, 0.25) is 0 Å². The maximum Gasteiger partial charge on any atom is 0.0748 e. The number of para-hydroxylation sites is 1. The molecule has 0 spiro atoms. The smallest absolute Gasteiger partial charge is 0.0748 e. The highest BCUT2D eigenvalue weighted by Gasteiger charge is 2.15. The molecular weight excluding hydrogens is 238 g/mol. The van der Waals surface area contributed by atoms with Crippen LogP contribution >= 0.6 is 0 Å². The van der Waals surface area contributed by atoms with Crippen LogP contribution in [0.5, 0.6) is 0 Å². The summed E-state index contributed by atoms with van der Waals surface area (Å²) in [5.41, 5.74) is 7.87. The van der Waals surface area contributed by atoms with Gasteiger partial charge in [-0.05, 0) is 25.5 Å². The van der Waals surface area contributed by atoms with Gasteiger partial charge in [-0.3, -0.25) is 0 Å². The largest absolute Gasteiger partial charge is 0.375 e. The highest BCUT2D eigenvalue weighted by Crippen LogP contribution is 2.10. The van der Waals surface area contributed by atoms with Gasteiger partial charge >= 0.3 is 0 Å². The van der Waals surface area contributed by atoms with E-state index in [2.05, 4.69) is 12.0 Å². The molecule has 1 aromatic carbocycles. The zero-order valence-corrected chi connectivity index (χ0v) is 11.5. The Balaban J connectivity index is 1.92.